The third-order valence-electron chi connectivity index (χ3n) is 1.75. The molecule has 72 valence electrons. The summed E-state index contributed by atoms with van der Waals surface area (Å²) in [6, 6.07) is 0.0208. The van der Waals surface area contributed by atoms with Crippen molar-refractivity contribution in [3.63, 3.8) is 0 Å². The Morgan fingerprint density at radius 2 is 2.54 bits per heavy atom. The van der Waals surface area contributed by atoms with E-state index in [0.717, 1.165) is 11.6 Å². The van der Waals surface area contributed by atoms with Crippen LogP contribution in [0, 0.1) is 0 Å². The van der Waals surface area contributed by atoms with Crippen LogP contribution in [0.5, 0.6) is 0 Å². The van der Waals surface area contributed by atoms with E-state index in [2.05, 4.69) is 27.0 Å². The number of hydrogen-bond acceptors (Lipinski definition) is 5. The molecule has 0 saturated carbocycles. The Labute approximate surface area is 82.6 Å². The van der Waals surface area contributed by atoms with Crippen molar-refractivity contribution in [2.75, 3.05) is 12.8 Å². The Hall–Kier alpha value is -0.840. The molecule has 4 nitrogen and oxygen atoms in total. The van der Waals surface area contributed by atoms with Gasteiger partial charge >= 0.3 is 0 Å². The molecule has 1 aliphatic heterocycles. The van der Waals surface area contributed by atoms with Crippen LogP contribution in [0.3, 0.4) is 0 Å². The highest BCUT2D eigenvalue weighted by Crippen LogP contribution is 2.14. The summed E-state index contributed by atoms with van der Waals surface area (Å²) in [5, 5.41) is 4.03. The smallest absolute Gasteiger partial charge is 0.147 e. The summed E-state index contributed by atoms with van der Waals surface area (Å²) < 4.78 is 0. The number of rotatable bonds is 3. The van der Waals surface area contributed by atoms with Gasteiger partial charge in [-0.1, -0.05) is 0 Å². The molecule has 2 unspecified atom stereocenters. The van der Waals surface area contributed by atoms with Gasteiger partial charge in [-0.15, -0.1) is 11.8 Å². The molecule has 0 spiro atoms. The molecule has 1 aliphatic rings. The fourth-order valence-corrected chi connectivity index (χ4v) is 1.85. The van der Waals surface area contributed by atoms with Gasteiger partial charge in [0.2, 0.25) is 0 Å². The van der Waals surface area contributed by atoms with E-state index in [-0.39, 0.29) is 12.2 Å². The van der Waals surface area contributed by atoms with E-state index in [0.29, 0.717) is 0 Å². The van der Waals surface area contributed by atoms with Crippen LogP contribution in [0.15, 0.2) is 15.0 Å². The van der Waals surface area contributed by atoms with Crippen molar-refractivity contribution in [1.29, 1.82) is 0 Å². The number of nitrogens with one attached hydrogen (secondary N) is 1. The molecule has 0 bridgehead atoms. The first-order valence-electron chi connectivity index (χ1n) is 4.15. The quantitative estimate of drug-likeness (QED) is 0.538. The van der Waals surface area contributed by atoms with E-state index in [1.165, 1.54) is 0 Å². The summed E-state index contributed by atoms with van der Waals surface area (Å²) in [4.78, 5) is 12.6. The maximum Gasteiger partial charge on any atom is 0.147 e. The first-order valence-corrected chi connectivity index (χ1v) is 5.37. The first-order chi connectivity index (χ1) is 6.33. The van der Waals surface area contributed by atoms with Gasteiger partial charge in [-0.3, -0.25) is 15.0 Å². The molecule has 0 aromatic rings. The fourth-order valence-electron chi connectivity index (χ4n) is 1.16. The third kappa shape index (κ3) is 2.30. The second-order valence-electron chi connectivity index (χ2n) is 2.53. The molecule has 0 aromatic heterocycles. The van der Waals surface area contributed by atoms with Crippen LogP contribution in [0.1, 0.15) is 6.92 Å². The molecule has 0 amide bonds. The number of thioether (sulfide) groups is 1. The van der Waals surface area contributed by atoms with E-state index >= 15 is 0 Å². The Morgan fingerprint density at radius 1 is 1.77 bits per heavy atom. The van der Waals surface area contributed by atoms with Gasteiger partial charge in [0.1, 0.15) is 12.2 Å². The molecular weight excluding hydrogens is 184 g/mol. The molecule has 0 saturated heterocycles. The van der Waals surface area contributed by atoms with Crippen molar-refractivity contribution in [1.82, 2.24) is 5.32 Å². The summed E-state index contributed by atoms with van der Waals surface area (Å²) in [7, 11) is 0. The monoisotopic (exact) mass is 198 g/mol. The summed E-state index contributed by atoms with van der Waals surface area (Å²) in [5.74, 6) is 0. The summed E-state index contributed by atoms with van der Waals surface area (Å²) in [5.41, 5.74) is 0. The average molecular weight is 198 g/mol. The number of aliphatic imine (C=N–C) groups is 3. The minimum absolute atomic E-state index is 0.0208. The number of nitrogens with zero attached hydrogens (tertiary/aromatic N) is 3. The van der Waals surface area contributed by atoms with E-state index in [1.807, 2.05) is 13.2 Å². The first kappa shape index (κ1) is 10.2. The van der Waals surface area contributed by atoms with Crippen LogP contribution >= 0.6 is 11.8 Å². The zero-order chi connectivity index (χ0) is 9.68. The van der Waals surface area contributed by atoms with Crippen molar-refractivity contribution in [3.8, 4) is 0 Å². The fraction of sp³-hybridized carbons (Fsp3) is 0.625. The van der Waals surface area contributed by atoms with E-state index in [4.69, 9.17) is 0 Å². The highest BCUT2D eigenvalue weighted by molar-refractivity contribution is 8.13. The van der Waals surface area contributed by atoms with Gasteiger partial charge in [-0.05, 0) is 19.9 Å². The third-order valence-corrected chi connectivity index (χ3v) is 2.54. The highest BCUT2D eigenvalue weighted by atomic mass is 32.2. The van der Waals surface area contributed by atoms with E-state index in [9.17, 15) is 0 Å². The van der Waals surface area contributed by atoms with Crippen molar-refractivity contribution in [3.05, 3.63) is 0 Å². The average Bonchev–Trinajstić information content (AvgIpc) is 2.61. The zero-order valence-corrected chi connectivity index (χ0v) is 8.71. The molecule has 2 atom stereocenters. The largest absolute Gasteiger partial charge is 0.353 e. The maximum absolute atomic E-state index is 4.36. The minimum atomic E-state index is -0.0438. The summed E-state index contributed by atoms with van der Waals surface area (Å²) in [6.07, 6.45) is 3.63. The highest BCUT2D eigenvalue weighted by Gasteiger charge is 2.26. The molecule has 0 aliphatic carbocycles. The number of hydrogen-bond donors (Lipinski definition) is 1. The van der Waals surface area contributed by atoms with Crippen LogP contribution in [0.2, 0.25) is 0 Å². The van der Waals surface area contributed by atoms with Crippen molar-refractivity contribution < 1.29 is 0 Å². The second-order valence-corrected chi connectivity index (χ2v) is 3.36. The molecular formula is C8H14N4S. The molecule has 1 N–H and O–H groups in total. The molecule has 5 heteroatoms. The summed E-state index contributed by atoms with van der Waals surface area (Å²) in [6.45, 7) is 6.31. The second kappa shape index (κ2) is 5.01. The SMILES string of the molecule is C=NC1NC=NC1C(=NCC)SC. The molecule has 13 heavy (non-hydrogen) atoms. The normalized spacial score (nSPS) is 27.4. The predicted octanol–water partition coefficient (Wildman–Crippen LogP) is 0.795. The van der Waals surface area contributed by atoms with Crippen molar-refractivity contribution >= 4 is 29.9 Å². The lowest BCUT2D eigenvalue weighted by atomic mass is 10.3. The Bertz CT molecular complexity index is 236. The maximum atomic E-state index is 4.36. The van der Waals surface area contributed by atoms with Gasteiger partial charge in [0.25, 0.3) is 0 Å². The molecule has 0 fully saturated rings. The lowest BCUT2D eigenvalue weighted by Crippen LogP contribution is -2.34. The van der Waals surface area contributed by atoms with Crippen molar-refractivity contribution in [2.24, 2.45) is 15.0 Å². The Kier molecular flexibility index (Phi) is 3.95. The van der Waals surface area contributed by atoms with Crippen molar-refractivity contribution in [2.45, 2.75) is 19.1 Å². The lowest BCUT2D eigenvalue weighted by Gasteiger charge is -2.14. The molecule has 0 aromatic carbocycles. The van der Waals surface area contributed by atoms with Gasteiger partial charge in [0, 0.05) is 6.54 Å². The predicted molar refractivity (Wildman–Crippen MR) is 60.2 cm³/mol. The van der Waals surface area contributed by atoms with Crippen LogP contribution in [0.25, 0.3) is 0 Å². The Morgan fingerprint density at radius 3 is 3.08 bits per heavy atom. The van der Waals surface area contributed by atoms with E-state index < -0.39 is 0 Å². The van der Waals surface area contributed by atoms with Crippen LogP contribution in [-0.2, 0) is 0 Å². The zero-order valence-electron chi connectivity index (χ0n) is 7.90. The van der Waals surface area contributed by atoms with Crippen LogP contribution in [0.4, 0.5) is 0 Å². The lowest BCUT2D eigenvalue weighted by molar-refractivity contribution is 0.647. The van der Waals surface area contributed by atoms with E-state index in [1.54, 1.807) is 18.1 Å². The Balaban J connectivity index is 2.72. The summed E-state index contributed by atoms with van der Waals surface area (Å²) >= 11 is 1.62. The van der Waals surface area contributed by atoms with Gasteiger partial charge in [-0.2, -0.15) is 0 Å². The molecule has 0 radical (unpaired) electrons. The molecule has 1 heterocycles. The molecule has 1 rings (SSSR count). The van der Waals surface area contributed by atoms with Gasteiger partial charge in [-0.25, -0.2) is 0 Å². The minimum Gasteiger partial charge on any atom is -0.353 e. The van der Waals surface area contributed by atoms with Gasteiger partial charge in [0.15, 0.2) is 0 Å². The van der Waals surface area contributed by atoms with Crippen LogP contribution < -0.4 is 5.32 Å². The van der Waals surface area contributed by atoms with Gasteiger partial charge in [0.05, 0.1) is 11.4 Å². The standard InChI is InChI=1S/C8H14N4S/c1-4-10-8(13-3)6-7(9-2)12-5-11-6/h5-7H,2,4H2,1,3H3,(H,11,12). The topological polar surface area (TPSA) is 49.1 Å². The van der Waals surface area contributed by atoms with Gasteiger partial charge < -0.3 is 5.32 Å². The van der Waals surface area contributed by atoms with Crippen LogP contribution in [-0.4, -0.2) is 43.1 Å².